The molecular formula is C8H8FNO3. The summed E-state index contributed by atoms with van der Waals surface area (Å²) < 4.78 is 13.5. The van der Waals surface area contributed by atoms with Crippen molar-refractivity contribution in [1.82, 2.24) is 4.57 Å². The second-order valence-electron chi connectivity index (χ2n) is 2.55. The van der Waals surface area contributed by atoms with Gasteiger partial charge in [-0.3, -0.25) is 9.36 Å². The van der Waals surface area contributed by atoms with E-state index in [4.69, 9.17) is 5.11 Å². The molecule has 0 aromatic carbocycles. The zero-order valence-corrected chi connectivity index (χ0v) is 6.90. The fraction of sp³-hybridized carbons (Fsp3) is 0.250. The quantitative estimate of drug-likeness (QED) is 0.738. The van der Waals surface area contributed by atoms with Crippen molar-refractivity contribution in [2.45, 2.75) is 13.2 Å². The molecule has 0 aliphatic carbocycles. The van der Waals surface area contributed by atoms with Crippen molar-refractivity contribution in [1.29, 1.82) is 0 Å². The lowest BCUT2D eigenvalue weighted by atomic mass is 10.3. The van der Waals surface area contributed by atoms with Crippen LogP contribution >= 0.6 is 0 Å². The van der Waals surface area contributed by atoms with E-state index >= 15 is 0 Å². The van der Waals surface area contributed by atoms with E-state index in [2.05, 4.69) is 0 Å². The minimum absolute atomic E-state index is 0.280. The smallest absolute Gasteiger partial charge is 0.360 e. The third kappa shape index (κ3) is 1.74. The van der Waals surface area contributed by atoms with E-state index in [1.165, 1.54) is 19.1 Å². The Hall–Kier alpha value is -1.65. The van der Waals surface area contributed by atoms with Crippen molar-refractivity contribution < 1.29 is 14.3 Å². The number of carboxylic acids is 1. The molecule has 1 unspecified atom stereocenters. The molecule has 13 heavy (non-hydrogen) atoms. The van der Waals surface area contributed by atoms with Crippen LogP contribution in [0.3, 0.4) is 0 Å². The van der Waals surface area contributed by atoms with Crippen LogP contribution in [-0.2, 0) is 4.79 Å². The fourth-order valence-corrected chi connectivity index (χ4v) is 1.01. The van der Waals surface area contributed by atoms with E-state index in [0.717, 1.165) is 6.07 Å². The molecule has 0 saturated heterocycles. The van der Waals surface area contributed by atoms with Crippen LogP contribution in [0, 0.1) is 6.92 Å². The van der Waals surface area contributed by atoms with Crippen molar-refractivity contribution >= 4 is 5.97 Å². The highest BCUT2D eigenvalue weighted by atomic mass is 19.1. The summed E-state index contributed by atoms with van der Waals surface area (Å²) in [5, 5.41) is 8.35. The van der Waals surface area contributed by atoms with Crippen molar-refractivity contribution in [3.63, 3.8) is 0 Å². The normalized spacial score (nSPS) is 12.5. The van der Waals surface area contributed by atoms with Crippen LogP contribution < -0.4 is 5.56 Å². The number of hydrogen-bond acceptors (Lipinski definition) is 2. The summed E-state index contributed by atoms with van der Waals surface area (Å²) in [6.45, 7) is 1.47. The Balaban J connectivity index is 3.28. The summed E-state index contributed by atoms with van der Waals surface area (Å²) in [5.74, 6) is -1.67. The van der Waals surface area contributed by atoms with Gasteiger partial charge in [-0.1, -0.05) is 6.07 Å². The van der Waals surface area contributed by atoms with E-state index in [-0.39, 0.29) is 5.69 Å². The molecule has 0 aliphatic heterocycles. The van der Waals surface area contributed by atoms with Gasteiger partial charge in [-0.15, -0.1) is 0 Å². The van der Waals surface area contributed by atoms with Gasteiger partial charge in [0.1, 0.15) is 0 Å². The standard InChI is InChI=1S/C8H8FNO3/c1-5-3-2-4-6(11)10(5)7(9)8(12)13/h2-4,7H,1H3,(H,12,13). The molecular weight excluding hydrogens is 177 g/mol. The van der Waals surface area contributed by atoms with Crippen molar-refractivity contribution in [3.05, 3.63) is 34.2 Å². The average molecular weight is 185 g/mol. The highest BCUT2D eigenvalue weighted by Crippen LogP contribution is 2.07. The molecule has 1 rings (SSSR count). The molecule has 0 aliphatic rings. The molecule has 0 saturated carbocycles. The first-order valence-corrected chi connectivity index (χ1v) is 3.59. The Morgan fingerprint density at radius 2 is 2.23 bits per heavy atom. The van der Waals surface area contributed by atoms with Crippen LogP contribution in [0.4, 0.5) is 4.39 Å². The van der Waals surface area contributed by atoms with Gasteiger partial charge >= 0.3 is 5.97 Å². The van der Waals surface area contributed by atoms with E-state index in [1.807, 2.05) is 0 Å². The zero-order valence-electron chi connectivity index (χ0n) is 6.90. The van der Waals surface area contributed by atoms with Gasteiger partial charge in [0.25, 0.3) is 11.9 Å². The molecule has 0 bridgehead atoms. The van der Waals surface area contributed by atoms with Crippen LogP contribution in [0.15, 0.2) is 23.0 Å². The predicted octanol–water partition coefficient (Wildman–Crippen LogP) is 0.709. The minimum Gasteiger partial charge on any atom is -0.478 e. The van der Waals surface area contributed by atoms with Crippen LogP contribution in [0.1, 0.15) is 12.0 Å². The predicted molar refractivity (Wildman–Crippen MR) is 43.2 cm³/mol. The number of aliphatic carboxylic acids is 1. The third-order valence-electron chi connectivity index (χ3n) is 1.62. The summed E-state index contributed by atoms with van der Waals surface area (Å²) in [4.78, 5) is 21.3. The van der Waals surface area contributed by atoms with Gasteiger partial charge in [-0.05, 0) is 13.0 Å². The highest BCUT2D eigenvalue weighted by molar-refractivity contribution is 5.70. The Kier molecular flexibility index (Phi) is 2.46. The van der Waals surface area contributed by atoms with Gasteiger partial charge < -0.3 is 5.11 Å². The van der Waals surface area contributed by atoms with E-state index in [0.29, 0.717) is 4.57 Å². The first kappa shape index (κ1) is 9.44. The Morgan fingerprint density at radius 1 is 1.62 bits per heavy atom. The topological polar surface area (TPSA) is 59.3 Å². The molecule has 4 nitrogen and oxygen atoms in total. The first-order valence-electron chi connectivity index (χ1n) is 3.59. The number of alkyl halides is 1. The lowest BCUT2D eigenvalue weighted by molar-refractivity contribution is -0.146. The highest BCUT2D eigenvalue weighted by Gasteiger charge is 2.19. The molecule has 1 N–H and O–H groups in total. The van der Waals surface area contributed by atoms with Crippen LogP contribution in [-0.4, -0.2) is 15.6 Å². The van der Waals surface area contributed by atoms with Gasteiger partial charge in [0, 0.05) is 11.8 Å². The van der Waals surface area contributed by atoms with Gasteiger partial charge in [-0.25, -0.2) is 9.18 Å². The van der Waals surface area contributed by atoms with Crippen molar-refractivity contribution in [3.8, 4) is 0 Å². The maximum Gasteiger partial charge on any atom is 0.360 e. The van der Waals surface area contributed by atoms with E-state index < -0.39 is 17.8 Å². The molecule has 0 fully saturated rings. The summed E-state index contributed by atoms with van der Waals surface area (Å²) in [6.07, 6.45) is -2.31. The molecule has 0 spiro atoms. The number of aryl methyl sites for hydroxylation is 1. The van der Waals surface area contributed by atoms with Gasteiger partial charge in [0.2, 0.25) is 0 Å². The van der Waals surface area contributed by atoms with Crippen LogP contribution in [0.25, 0.3) is 0 Å². The molecule has 5 heteroatoms. The number of pyridine rings is 1. The Labute approximate surface area is 73.2 Å². The molecule has 1 atom stereocenters. The summed E-state index contributed by atoms with van der Waals surface area (Å²) in [6, 6.07) is 4.03. The zero-order chi connectivity index (χ0) is 10.0. The summed E-state index contributed by atoms with van der Waals surface area (Å²) in [5.41, 5.74) is -0.377. The fourth-order valence-electron chi connectivity index (χ4n) is 1.01. The lowest BCUT2D eigenvalue weighted by Gasteiger charge is -2.09. The van der Waals surface area contributed by atoms with Gasteiger partial charge in [-0.2, -0.15) is 0 Å². The summed E-state index contributed by atoms with van der Waals surface area (Å²) >= 11 is 0. The molecule has 1 aromatic rings. The third-order valence-corrected chi connectivity index (χ3v) is 1.62. The van der Waals surface area contributed by atoms with Crippen LogP contribution in [0.2, 0.25) is 0 Å². The molecule has 0 amide bonds. The lowest BCUT2D eigenvalue weighted by Crippen LogP contribution is -2.28. The van der Waals surface area contributed by atoms with E-state index in [9.17, 15) is 14.0 Å². The first-order chi connectivity index (χ1) is 6.04. The Morgan fingerprint density at radius 3 is 2.69 bits per heavy atom. The second-order valence-corrected chi connectivity index (χ2v) is 2.55. The molecule has 1 aromatic heterocycles. The number of halogens is 1. The number of carboxylic acid groups (broad SMARTS) is 1. The van der Waals surface area contributed by atoms with Gasteiger partial charge in [0.15, 0.2) is 0 Å². The second kappa shape index (κ2) is 3.38. The average Bonchev–Trinajstić information content (AvgIpc) is 2.03. The number of nitrogens with zero attached hydrogens (tertiary/aromatic N) is 1. The SMILES string of the molecule is Cc1cccc(=O)n1C(F)C(=O)O. The number of aromatic nitrogens is 1. The number of hydrogen-bond donors (Lipinski definition) is 1. The van der Waals surface area contributed by atoms with E-state index in [1.54, 1.807) is 0 Å². The minimum atomic E-state index is -2.31. The molecule has 0 radical (unpaired) electrons. The van der Waals surface area contributed by atoms with Gasteiger partial charge in [0.05, 0.1) is 0 Å². The Bertz CT molecular complexity index is 385. The van der Waals surface area contributed by atoms with Crippen LogP contribution in [0.5, 0.6) is 0 Å². The van der Waals surface area contributed by atoms with Crippen molar-refractivity contribution in [2.75, 3.05) is 0 Å². The number of carbonyl (C=O) groups is 1. The van der Waals surface area contributed by atoms with Crippen molar-refractivity contribution in [2.24, 2.45) is 0 Å². The molecule has 70 valence electrons. The summed E-state index contributed by atoms with van der Waals surface area (Å²) in [7, 11) is 0. The molecule has 1 heterocycles. The number of rotatable bonds is 2. The largest absolute Gasteiger partial charge is 0.478 e. The maximum atomic E-state index is 12.9. The maximum absolute atomic E-state index is 12.9. The monoisotopic (exact) mass is 185 g/mol.